The molecule has 0 saturated heterocycles. The van der Waals surface area contributed by atoms with Crippen LogP contribution in [0.2, 0.25) is 0 Å². The summed E-state index contributed by atoms with van der Waals surface area (Å²) in [6, 6.07) is 16.1. The molecule has 4 heteroatoms. The molecule has 3 rings (SSSR count). The van der Waals surface area contributed by atoms with Crippen LogP contribution >= 0.6 is 22.6 Å². The van der Waals surface area contributed by atoms with Gasteiger partial charge in [-0.25, -0.2) is 9.67 Å². The topological polar surface area (TPSA) is 30.7 Å². The number of halogens is 1. The third kappa shape index (κ3) is 2.28. The molecule has 0 N–H and O–H groups in total. The average molecular weight is 347 g/mol. The van der Waals surface area contributed by atoms with E-state index in [-0.39, 0.29) is 0 Å². The lowest BCUT2D eigenvalue weighted by molar-refractivity contribution is 0.850. The quantitative estimate of drug-likeness (QED) is 0.664. The van der Waals surface area contributed by atoms with Crippen molar-refractivity contribution in [3.8, 4) is 17.1 Å². The van der Waals surface area contributed by atoms with Crippen LogP contribution in [0.3, 0.4) is 0 Å². The fourth-order valence-electron chi connectivity index (χ4n) is 1.72. The van der Waals surface area contributed by atoms with Gasteiger partial charge in [0.05, 0.1) is 5.69 Å². The third-order valence-corrected chi connectivity index (χ3v) is 3.33. The zero-order valence-electron chi connectivity index (χ0n) is 9.49. The van der Waals surface area contributed by atoms with Gasteiger partial charge in [0.2, 0.25) is 0 Å². The molecule has 0 saturated carbocycles. The predicted octanol–water partition coefficient (Wildman–Crippen LogP) is 3.54. The van der Waals surface area contributed by atoms with Crippen LogP contribution in [0.1, 0.15) is 0 Å². The van der Waals surface area contributed by atoms with Crippen LogP contribution in [0.4, 0.5) is 0 Å². The summed E-state index contributed by atoms with van der Waals surface area (Å²) in [4.78, 5) is 4.27. The van der Waals surface area contributed by atoms with E-state index in [0.29, 0.717) is 0 Å². The van der Waals surface area contributed by atoms with Crippen molar-refractivity contribution < 1.29 is 0 Å². The van der Waals surface area contributed by atoms with Crippen molar-refractivity contribution in [3.63, 3.8) is 0 Å². The smallest absolute Gasteiger partial charge is 0.153 e. The van der Waals surface area contributed by atoms with Crippen molar-refractivity contribution in [2.75, 3.05) is 0 Å². The van der Waals surface area contributed by atoms with Crippen LogP contribution in [-0.2, 0) is 0 Å². The summed E-state index contributed by atoms with van der Waals surface area (Å²) >= 11 is 2.29. The van der Waals surface area contributed by atoms with Gasteiger partial charge >= 0.3 is 0 Å². The van der Waals surface area contributed by atoms with E-state index in [0.717, 1.165) is 17.1 Å². The molecule has 0 bridgehead atoms. The van der Waals surface area contributed by atoms with Crippen molar-refractivity contribution in [1.82, 2.24) is 14.8 Å². The number of hydrogen-bond acceptors (Lipinski definition) is 2. The first-order valence-corrected chi connectivity index (χ1v) is 6.64. The molecule has 3 nitrogen and oxygen atoms in total. The van der Waals surface area contributed by atoms with Crippen LogP contribution in [0, 0.1) is 3.57 Å². The van der Waals surface area contributed by atoms with Gasteiger partial charge in [0.25, 0.3) is 0 Å². The number of rotatable bonds is 2. The number of nitrogens with zero attached hydrogens (tertiary/aromatic N) is 3. The van der Waals surface area contributed by atoms with Gasteiger partial charge in [-0.1, -0.05) is 18.2 Å². The summed E-state index contributed by atoms with van der Waals surface area (Å²) in [7, 11) is 0. The standard InChI is InChI=1S/C14H10IN3/c15-12-6-4-11(5-7-12)13-8-10-18(17-13)14-3-1-2-9-16-14/h1-10H. The minimum atomic E-state index is 0.828. The van der Waals surface area contributed by atoms with Crippen LogP contribution in [0.5, 0.6) is 0 Å². The second-order valence-electron chi connectivity index (χ2n) is 3.84. The molecule has 0 unspecified atom stereocenters. The lowest BCUT2D eigenvalue weighted by Crippen LogP contribution is -1.97. The van der Waals surface area contributed by atoms with E-state index in [1.807, 2.05) is 30.5 Å². The Kier molecular flexibility index (Phi) is 3.10. The van der Waals surface area contributed by atoms with Crippen LogP contribution in [0.25, 0.3) is 17.1 Å². The van der Waals surface area contributed by atoms with Crippen molar-refractivity contribution in [3.05, 3.63) is 64.5 Å². The second-order valence-corrected chi connectivity index (χ2v) is 5.09. The van der Waals surface area contributed by atoms with Gasteiger partial charge in [-0.15, -0.1) is 0 Å². The van der Waals surface area contributed by atoms with Gasteiger partial charge in [0.1, 0.15) is 0 Å². The highest BCUT2D eigenvalue weighted by molar-refractivity contribution is 14.1. The SMILES string of the molecule is Ic1ccc(-c2ccn(-c3ccccn3)n2)cc1. The maximum atomic E-state index is 4.53. The van der Waals surface area contributed by atoms with E-state index in [1.54, 1.807) is 10.9 Å². The van der Waals surface area contributed by atoms with E-state index in [1.165, 1.54) is 3.57 Å². The Labute approximate surface area is 119 Å². The molecule has 3 aromatic rings. The normalized spacial score (nSPS) is 10.5. The Hall–Kier alpha value is -1.69. The predicted molar refractivity (Wildman–Crippen MR) is 79.5 cm³/mol. The fourth-order valence-corrected chi connectivity index (χ4v) is 2.07. The van der Waals surface area contributed by atoms with E-state index < -0.39 is 0 Å². The van der Waals surface area contributed by atoms with E-state index in [9.17, 15) is 0 Å². The Morgan fingerprint density at radius 1 is 0.944 bits per heavy atom. The molecular formula is C14H10IN3. The highest BCUT2D eigenvalue weighted by Crippen LogP contribution is 2.19. The van der Waals surface area contributed by atoms with Gasteiger partial charge in [-0.3, -0.25) is 0 Å². The Balaban J connectivity index is 1.97. The zero-order chi connectivity index (χ0) is 12.4. The summed E-state index contributed by atoms with van der Waals surface area (Å²) in [6.07, 6.45) is 3.69. The zero-order valence-corrected chi connectivity index (χ0v) is 11.7. The average Bonchev–Trinajstić information content (AvgIpc) is 2.90. The van der Waals surface area contributed by atoms with Gasteiger partial charge in [0.15, 0.2) is 5.82 Å². The summed E-state index contributed by atoms with van der Waals surface area (Å²) in [6.45, 7) is 0. The molecule has 0 aliphatic carbocycles. The molecule has 0 atom stereocenters. The largest absolute Gasteiger partial charge is 0.237 e. The van der Waals surface area contributed by atoms with E-state index in [2.05, 4.69) is 56.9 Å². The van der Waals surface area contributed by atoms with Gasteiger partial charge < -0.3 is 0 Å². The van der Waals surface area contributed by atoms with Crippen molar-refractivity contribution in [2.24, 2.45) is 0 Å². The number of hydrogen-bond donors (Lipinski definition) is 0. The number of aromatic nitrogens is 3. The van der Waals surface area contributed by atoms with Gasteiger partial charge in [-0.2, -0.15) is 5.10 Å². The molecule has 1 aromatic carbocycles. The lowest BCUT2D eigenvalue weighted by Gasteiger charge is -1.99. The molecule has 0 spiro atoms. The Morgan fingerprint density at radius 3 is 2.50 bits per heavy atom. The van der Waals surface area contributed by atoms with Gasteiger partial charge in [-0.05, 0) is 52.9 Å². The Morgan fingerprint density at radius 2 is 1.78 bits per heavy atom. The lowest BCUT2D eigenvalue weighted by atomic mass is 10.2. The van der Waals surface area contributed by atoms with Crippen molar-refractivity contribution in [2.45, 2.75) is 0 Å². The van der Waals surface area contributed by atoms with Crippen molar-refractivity contribution in [1.29, 1.82) is 0 Å². The van der Waals surface area contributed by atoms with Crippen molar-refractivity contribution >= 4 is 22.6 Å². The van der Waals surface area contributed by atoms with Crippen LogP contribution in [-0.4, -0.2) is 14.8 Å². The highest BCUT2D eigenvalue weighted by Gasteiger charge is 2.03. The fraction of sp³-hybridized carbons (Fsp3) is 0. The maximum absolute atomic E-state index is 4.53. The first kappa shape index (κ1) is 11.4. The summed E-state index contributed by atoms with van der Waals surface area (Å²) in [5, 5.41) is 4.53. The molecule has 88 valence electrons. The van der Waals surface area contributed by atoms with E-state index >= 15 is 0 Å². The molecular weight excluding hydrogens is 337 g/mol. The first-order valence-electron chi connectivity index (χ1n) is 5.56. The first-order chi connectivity index (χ1) is 8.83. The highest BCUT2D eigenvalue weighted by atomic mass is 127. The minimum Gasteiger partial charge on any atom is -0.237 e. The molecule has 0 aliphatic heterocycles. The molecule has 2 heterocycles. The molecule has 0 fully saturated rings. The third-order valence-electron chi connectivity index (χ3n) is 2.61. The monoisotopic (exact) mass is 347 g/mol. The Bertz CT molecular complexity index is 644. The molecule has 0 amide bonds. The van der Waals surface area contributed by atoms with Crippen LogP contribution < -0.4 is 0 Å². The minimum absolute atomic E-state index is 0.828. The van der Waals surface area contributed by atoms with E-state index in [4.69, 9.17) is 0 Å². The summed E-state index contributed by atoms with van der Waals surface area (Å²) < 4.78 is 3.01. The summed E-state index contributed by atoms with van der Waals surface area (Å²) in [5.74, 6) is 0.828. The number of pyridine rings is 1. The molecule has 0 radical (unpaired) electrons. The van der Waals surface area contributed by atoms with Crippen LogP contribution in [0.15, 0.2) is 60.9 Å². The second kappa shape index (κ2) is 4.89. The molecule has 0 aliphatic rings. The number of benzene rings is 1. The van der Waals surface area contributed by atoms with Gasteiger partial charge in [0, 0.05) is 21.5 Å². The maximum Gasteiger partial charge on any atom is 0.153 e. The molecule has 2 aromatic heterocycles. The molecule has 18 heavy (non-hydrogen) atoms. The summed E-state index contributed by atoms with van der Waals surface area (Å²) in [5.41, 5.74) is 2.07.